The van der Waals surface area contributed by atoms with Gasteiger partial charge in [-0.25, -0.2) is 4.98 Å². The molecule has 0 saturated heterocycles. The van der Waals surface area contributed by atoms with E-state index >= 15 is 0 Å². The first-order valence-corrected chi connectivity index (χ1v) is 6.58. The molecule has 3 rings (SSSR count). The number of aryl methyl sites for hydroxylation is 1. The smallest absolute Gasteiger partial charge is 0.170 e. The highest BCUT2D eigenvalue weighted by Crippen LogP contribution is 2.34. The lowest BCUT2D eigenvalue weighted by atomic mass is 9.99. The summed E-state index contributed by atoms with van der Waals surface area (Å²) < 4.78 is 8.01. The molecule has 1 aliphatic rings. The van der Waals surface area contributed by atoms with Gasteiger partial charge in [0.05, 0.1) is 30.2 Å². The van der Waals surface area contributed by atoms with Gasteiger partial charge in [0, 0.05) is 6.54 Å². The van der Waals surface area contributed by atoms with Crippen LogP contribution in [0.15, 0.2) is 36.8 Å². The molecule has 1 unspecified atom stereocenters. The highest BCUT2D eigenvalue weighted by atomic mass is 16.5. The Morgan fingerprint density at radius 2 is 2.26 bits per heavy atom. The van der Waals surface area contributed by atoms with Crippen LogP contribution in [0.1, 0.15) is 41.9 Å². The SMILES string of the molecule is CCCn1cncc1C1CC(=O)c2ccccc2O1. The van der Waals surface area contributed by atoms with E-state index in [1.165, 1.54) is 0 Å². The average Bonchev–Trinajstić information content (AvgIpc) is 2.87. The summed E-state index contributed by atoms with van der Waals surface area (Å²) in [5.41, 5.74) is 1.66. The molecule has 0 fully saturated rings. The molecule has 2 heterocycles. The summed E-state index contributed by atoms with van der Waals surface area (Å²) in [5, 5.41) is 0. The van der Waals surface area contributed by atoms with Gasteiger partial charge >= 0.3 is 0 Å². The second-order valence-corrected chi connectivity index (χ2v) is 4.74. The molecule has 1 atom stereocenters. The zero-order valence-corrected chi connectivity index (χ0v) is 10.9. The molecule has 1 aliphatic heterocycles. The number of ketones is 1. The molecule has 4 nitrogen and oxygen atoms in total. The van der Waals surface area contributed by atoms with Crippen LogP contribution in [0.2, 0.25) is 0 Å². The molecule has 0 radical (unpaired) electrons. The number of benzene rings is 1. The maximum Gasteiger partial charge on any atom is 0.170 e. The fourth-order valence-corrected chi connectivity index (χ4v) is 2.46. The van der Waals surface area contributed by atoms with Gasteiger partial charge in [0.1, 0.15) is 11.9 Å². The van der Waals surface area contributed by atoms with Gasteiger partial charge in [0.25, 0.3) is 0 Å². The third-order valence-electron chi connectivity index (χ3n) is 3.37. The van der Waals surface area contributed by atoms with E-state index in [1.807, 2.05) is 24.3 Å². The van der Waals surface area contributed by atoms with E-state index in [2.05, 4.69) is 16.5 Å². The van der Waals surface area contributed by atoms with Crippen molar-refractivity contribution in [1.82, 2.24) is 9.55 Å². The lowest BCUT2D eigenvalue weighted by Gasteiger charge is -2.25. The van der Waals surface area contributed by atoms with Crippen LogP contribution in [-0.2, 0) is 6.54 Å². The highest BCUT2D eigenvalue weighted by Gasteiger charge is 2.29. The van der Waals surface area contributed by atoms with Crippen LogP contribution < -0.4 is 4.74 Å². The minimum Gasteiger partial charge on any atom is -0.483 e. The number of carbonyl (C=O) groups is 1. The number of aromatic nitrogens is 2. The van der Waals surface area contributed by atoms with Crippen molar-refractivity contribution < 1.29 is 9.53 Å². The number of fused-ring (bicyclic) bond motifs is 1. The Morgan fingerprint density at radius 3 is 3.11 bits per heavy atom. The maximum atomic E-state index is 12.2. The van der Waals surface area contributed by atoms with Crippen molar-refractivity contribution in [3.05, 3.63) is 48.0 Å². The van der Waals surface area contributed by atoms with Crippen LogP contribution in [0, 0.1) is 0 Å². The van der Waals surface area contributed by atoms with Crippen LogP contribution in [-0.4, -0.2) is 15.3 Å². The number of hydrogen-bond donors (Lipinski definition) is 0. The molecule has 98 valence electrons. The summed E-state index contributed by atoms with van der Waals surface area (Å²) in [7, 11) is 0. The summed E-state index contributed by atoms with van der Waals surface area (Å²) in [5.74, 6) is 0.809. The summed E-state index contributed by atoms with van der Waals surface area (Å²) in [4.78, 5) is 16.3. The van der Waals surface area contributed by atoms with Gasteiger partial charge in [-0.1, -0.05) is 19.1 Å². The first kappa shape index (κ1) is 12.0. The van der Waals surface area contributed by atoms with Crippen molar-refractivity contribution in [3.8, 4) is 5.75 Å². The number of rotatable bonds is 3. The van der Waals surface area contributed by atoms with E-state index in [-0.39, 0.29) is 11.9 Å². The Hall–Kier alpha value is -2.10. The molecule has 0 bridgehead atoms. The lowest BCUT2D eigenvalue weighted by Crippen LogP contribution is -2.22. The Balaban J connectivity index is 1.92. The number of carbonyl (C=O) groups excluding carboxylic acids is 1. The Labute approximate surface area is 112 Å². The van der Waals surface area contributed by atoms with Crippen LogP contribution in [0.5, 0.6) is 5.75 Å². The summed E-state index contributed by atoms with van der Waals surface area (Å²) >= 11 is 0. The first-order chi connectivity index (χ1) is 9.29. The van der Waals surface area contributed by atoms with Crippen molar-refractivity contribution in [2.75, 3.05) is 0 Å². The monoisotopic (exact) mass is 256 g/mol. The molecule has 0 aliphatic carbocycles. The molecule has 0 N–H and O–H groups in total. The van der Waals surface area contributed by atoms with Crippen molar-refractivity contribution in [3.63, 3.8) is 0 Å². The highest BCUT2D eigenvalue weighted by molar-refractivity contribution is 5.99. The third kappa shape index (κ3) is 2.14. The Kier molecular flexibility index (Phi) is 3.07. The maximum absolute atomic E-state index is 12.2. The zero-order chi connectivity index (χ0) is 13.2. The predicted octanol–water partition coefficient (Wildman–Crippen LogP) is 3.00. The minimum absolute atomic E-state index is 0.135. The fourth-order valence-electron chi connectivity index (χ4n) is 2.46. The minimum atomic E-state index is -0.226. The fraction of sp³-hybridized carbons (Fsp3) is 0.333. The van der Waals surface area contributed by atoms with Crippen molar-refractivity contribution in [2.24, 2.45) is 0 Å². The normalized spacial score (nSPS) is 17.9. The number of nitrogens with zero attached hydrogens (tertiary/aromatic N) is 2. The van der Waals surface area contributed by atoms with Crippen LogP contribution >= 0.6 is 0 Å². The average molecular weight is 256 g/mol. The molecule has 4 heteroatoms. The molecular weight excluding hydrogens is 240 g/mol. The van der Waals surface area contributed by atoms with Crippen LogP contribution in [0.4, 0.5) is 0 Å². The van der Waals surface area contributed by atoms with Crippen molar-refractivity contribution in [2.45, 2.75) is 32.4 Å². The first-order valence-electron chi connectivity index (χ1n) is 6.58. The number of imidazole rings is 1. The van der Waals surface area contributed by atoms with E-state index < -0.39 is 0 Å². The molecule has 1 aromatic carbocycles. The number of para-hydroxylation sites is 1. The van der Waals surface area contributed by atoms with Gasteiger partial charge < -0.3 is 9.30 Å². The van der Waals surface area contributed by atoms with E-state index in [0.29, 0.717) is 17.7 Å². The predicted molar refractivity (Wildman–Crippen MR) is 71.3 cm³/mol. The molecule has 0 saturated carbocycles. The van der Waals surface area contributed by atoms with E-state index in [4.69, 9.17) is 4.74 Å². The third-order valence-corrected chi connectivity index (χ3v) is 3.37. The molecule has 0 spiro atoms. The van der Waals surface area contributed by atoms with Gasteiger partial charge in [0.15, 0.2) is 5.78 Å². The molecule has 1 aromatic heterocycles. The number of hydrogen-bond acceptors (Lipinski definition) is 3. The largest absolute Gasteiger partial charge is 0.483 e. The topological polar surface area (TPSA) is 44.1 Å². The van der Waals surface area contributed by atoms with Gasteiger partial charge in [-0.3, -0.25) is 4.79 Å². The van der Waals surface area contributed by atoms with Crippen molar-refractivity contribution in [1.29, 1.82) is 0 Å². The Bertz CT molecular complexity index is 604. The molecule has 0 amide bonds. The number of ether oxygens (including phenoxy) is 1. The zero-order valence-electron chi connectivity index (χ0n) is 10.9. The summed E-state index contributed by atoms with van der Waals surface area (Å²) in [6, 6.07) is 7.41. The van der Waals surface area contributed by atoms with E-state index in [0.717, 1.165) is 18.7 Å². The molecular formula is C15H16N2O2. The van der Waals surface area contributed by atoms with Crippen LogP contribution in [0.3, 0.4) is 0 Å². The lowest BCUT2D eigenvalue weighted by molar-refractivity contribution is 0.0840. The quantitative estimate of drug-likeness (QED) is 0.848. The van der Waals surface area contributed by atoms with E-state index in [1.54, 1.807) is 12.5 Å². The van der Waals surface area contributed by atoms with Gasteiger partial charge in [-0.05, 0) is 18.6 Å². The van der Waals surface area contributed by atoms with Gasteiger partial charge in [-0.15, -0.1) is 0 Å². The standard InChI is InChI=1S/C15H16N2O2/c1-2-7-17-10-16-9-12(17)15-8-13(18)11-5-3-4-6-14(11)19-15/h3-6,9-10,15H,2,7-8H2,1H3. The van der Waals surface area contributed by atoms with Crippen LogP contribution in [0.25, 0.3) is 0 Å². The summed E-state index contributed by atoms with van der Waals surface area (Å²) in [6.45, 7) is 3.01. The summed E-state index contributed by atoms with van der Waals surface area (Å²) in [6.07, 6.45) is 4.78. The van der Waals surface area contributed by atoms with Gasteiger partial charge in [0.2, 0.25) is 0 Å². The number of Topliss-reactive ketones (excluding diaryl/α,β-unsaturated/α-hetero) is 1. The van der Waals surface area contributed by atoms with Crippen molar-refractivity contribution >= 4 is 5.78 Å². The molecule has 2 aromatic rings. The Morgan fingerprint density at radius 1 is 1.42 bits per heavy atom. The second kappa shape index (κ2) is 4.88. The van der Waals surface area contributed by atoms with Gasteiger partial charge in [-0.2, -0.15) is 0 Å². The van der Waals surface area contributed by atoms with E-state index in [9.17, 15) is 4.79 Å². The second-order valence-electron chi connectivity index (χ2n) is 4.74. The molecule has 19 heavy (non-hydrogen) atoms.